The Morgan fingerprint density at radius 1 is 1.19 bits per heavy atom. The molecule has 0 aliphatic carbocycles. The Labute approximate surface area is 157 Å². The van der Waals surface area contributed by atoms with Gasteiger partial charge in [0.2, 0.25) is 0 Å². The molecule has 0 aliphatic heterocycles. The van der Waals surface area contributed by atoms with Gasteiger partial charge in [0.15, 0.2) is 5.69 Å². The molecule has 10 heteroatoms. The van der Waals surface area contributed by atoms with Crippen molar-refractivity contribution in [1.29, 1.82) is 0 Å². The van der Waals surface area contributed by atoms with Gasteiger partial charge in [0.25, 0.3) is 5.91 Å². The van der Waals surface area contributed by atoms with Crippen molar-refractivity contribution in [2.45, 2.75) is 12.7 Å². The third-order valence-electron chi connectivity index (χ3n) is 3.58. The van der Waals surface area contributed by atoms with Crippen molar-refractivity contribution in [3.05, 3.63) is 51.5 Å². The van der Waals surface area contributed by atoms with Crippen LogP contribution in [0.1, 0.15) is 31.4 Å². The van der Waals surface area contributed by atoms with E-state index in [1.165, 1.54) is 35.8 Å². The number of nitrogens with zero attached hydrogens (tertiary/aromatic N) is 2. The average Bonchev–Trinajstić information content (AvgIpc) is 3.12. The maximum atomic E-state index is 12.7. The molecule has 0 radical (unpaired) electrons. The fourth-order valence-corrected chi connectivity index (χ4v) is 2.96. The number of benzene rings is 1. The van der Waals surface area contributed by atoms with Crippen LogP contribution in [-0.4, -0.2) is 49.1 Å². The second kappa shape index (κ2) is 8.96. The van der Waals surface area contributed by atoms with E-state index < -0.39 is 23.6 Å². The second-order valence-electron chi connectivity index (χ2n) is 5.41. The van der Waals surface area contributed by atoms with Crippen molar-refractivity contribution in [2.75, 3.05) is 27.4 Å². The van der Waals surface area contributed by atoms with Crippen LogP contribution < -0.4 is 0 Å². The van der Waals surface area contributed by atoms with Crippen LogP contribution in [0.3, 0.4) is 0 Å². The predicted molar refractivity (Wildman–Crippen MR) is 91.5 cm³/mol. The fraction of sp³-hybridized carbons (Fsp3) is 0.353. The molecule has 0 bridgehead atoms. The highest BCUT2D eigenvalue weighted by molar-refractivity contribution is 7.09. The van der Waals surface area contributed by atoms with E-state index in [0.717, 1.165) is 24.3 Å². The number of carbonyl (C=O) groups is 2. The SMILES string of the molecule is COCCN(Cc1nc(C(=O)OC)cs1)C(=O)c1ccc(C(F)(F)F)cc1. The highest BCUT2D eigenvalue weighted by atomic mass is 32.1. The van der Waals surface area contributed by atoms with E-state index in [-0.39, 0.29) is 31.0 Å². The molecule has 0 saturated carbocycles. The minimum Gasteiger partial charge on any atom is -0.464 e. The molecule has 2 rings (SSSR count). The molecule has 1 amide bonds. The number of rotatable bonds is 7. The Hall–Kier alpha value is -2.46. The summed E-state index contributed by atoms with van der Waals surface area (Å²) in [6, 6.07) is 3.99. The average molecular weight is 402 g/mol. The van der Waals surface area contributed by atoms with Gasteiger partial charge in [-0.2, -0.15) is 13.2 Å². The van der Waals surface area contributed by atoms with Crippen LogP contribution in [0.5, 0.6) is 0 Å². The summed E-state index contributed by atoms with van der Waals surface area (Å²) in [4.78, 5) is 29.7. The van der Waals surface area contributed by atoms with Gasteiger partial charge in [-0.05, 0) is 24.3 Å². The van der Waals surface area contributed by atoms with Gasteiger partial charge < -0.3 is 14.4 Å². The third kappa shape index (κ3) is 5.51. The van der Waals surface area contributed by atoms with Crippen LogP contribution in [0.2, 0.25) is 0 Å². The monoisotopic (exact) mass is 402 g/mol. The Kier molecular flexibility index (Phi) is 6.92. The predicted octanol–water partition coefficient (Wildman–Crippen LogP) is 3.24. The number of esters is 1. The van der Waals surface area contributed by atoms with Crippen LogP contribution in [0, 0.1) is 0 Å². The first kappa shape index (κ1) is 20.8. The van der Waals surface area contributed by atoms with Gasteiger partial charge in [-0.1, -0.05) is 0 Å². The molecule has 0 atom stereocenters. The lowest BCUT2D eigenvalue weighted by molar-refractivity contribution is -0.137. The van der Waals surface area contributed by atoms with Gasteiger partial charge in [0, 0.05) is 24.6 Å². The molecule has 0 spiro atoms. The van der Waals surface area contributed by atoms with E-state index in [0.29, 0.717) is 5.01 Å². The van der Waals surface area contributed by atoms with E-state index in [1.54, 1.807) is 0 Å². The summed E-state index contributed by atoms with van der Waals surface area (Å²) in [6.45, 7) is 0.538. The molecule has 146 valence electrons. The highest BCUT2D eigenvalue weighted by Crippen LogP contribution is 2.29. The number of hydrogen-bond acceptors (Lipinski definition) is 6. The lowest BCUT2D eigenvalue weighted by Crippen LogP contribution is -2.33. The zero-order valence-corrected chi connectivity index (χ0v) is 15.4. The lowest BCUT2D eigenvalue weighted by Gasteiger charge is -2.21. The molecular formula is C17H17F3N2O4S. The summed E-state index contributed by atoms with van der Waals surface area (Å²) in [5, 5.41) is 2.00. The number of carbonyl (C=O) groups excluding carboxylic acids is 2. The fourth-order valence-electron chi connectivity index (χ4n) is 2.18. The molecule has 27 heavy (non-hydrogen) atoms. The Balaban J connectivity index is 2.18. The zero-order chi connectivity index (χ0) is 20.0. The van der Waals surface area contributed by atoms with Crippen molar-refractivity contribution in [2.24, 2.45) is 0 Å². The van der Waals surface area contributed by atoms with Gasteiger partial charge in [-0.25, -0.2) is 9.78 Å². The quantitative estimate of drug-likeness (QED) is 0.665. The minimum atomic E-state index is -4.47. The Morgan fingerprint density at radius 3 is 2.41 bits per heavy atom. The van der Waals surface area contributed by atoms with Crippen molar-refractivity contribution >= 4 is 23.2 Å². The summed E-state index contributed by atoms with van der Waals surface area (Å²) >= 11 is 1.18. The Morgan fingerprint density at radius 2 is 1.85 bits per heavy atom. The number of hydrogen-bond donors (Lipinski definition) is 0. The first-order valence-corrected chi connectivity index (χ1v) is 8.62. The number of thiazole rings is 1. The van der Waals surface area contributed by atoms with Crippen molar-refractivity contribution in [1.82, 2.24) is 9.88 Å². The molecule has 6 nitrogen and oxygen atoms in total. The number of ether oxygens (including phenoxy) is 2. The van der Waals surface area contributed by atoms with Crippen LogP contribution in [0.25, 0.3) is 0 Å². The van der Waals surface area contributed by atoms with Crippen LogP contribution >= 0.6 is 11.3 Å². The molecule has 0 unspecified atom stereocenters. The summed E-state index contributed by atoms with van der Waals surface area (Å²) in [6.07, 6.45) is -4.47. The van der Waals surface area contributed by atoms with E-state index in [1.807, 2.05) is 0 Å². The van der Waals surface area contributed by atoms with Crippen molar-refractivity contribution in [3.63, 3.8) is 0 Å². The number of aromatic nitrogens is 1. The minimum absolute atomic E-state index is 0.0882. The summed E-state index contributed by atoms with van der Waals surface area (Å²) in [7, 11) is 2.71. The maximum Gasteiger partial charge on any atom is 0.416 e. The molecular weight excluding hydrogens is 385 g/mol. The Bertz CT molecular complexity index is 790. The number of amides is 1. The first-order valence-electron chi connectivity index (χ1n) is 7.74. The molecule has 1 heterocycles. The summed E-state index contributed by atoms with van der Waals surface area (Å²) in [5.74, 6) is -1.05. The van der Waals surface area contributed by atoms with Gasteiger partial charge >= 0.3 is 12.1 Å². The van der Waals surface area contributed by atoms with Crippen LogP contribution in [0.4, 0.5) is 13.2 Å². The highest BCUT2D eigenvalue weighted by Gasteiger charge is 2.30. The van der Waals surface area contributed by atoms with Gasteiger partial charge in [0.1, 0.15) is 5.01 Å². The lowest BCUT2D eigenvalue weighted by atomic mass is 10.1. The van der Waals surface area contributed by atoms with E-state index >= 15 is 0 Å². The van der Waals surface area contributed by atoms with E-state index in [4.69, 9.17) is 4.74 Å². The molecule has 0 fully saturated rings. The van der Waals surface area contributed by atoms with Gasteiger partial charge in [0.05, 0.1) is 25.8 Å². The van der Waals surface area contributed by atoms with Crippen LogP contribution in [-0.2, 0) is 22.2 Å². The maximum absolute atomic E-state index is 12.7. The number of methoxy groups -OCH3 is 2. The topological polar surface area (TPSA) is 68.7 Å². The normalized spacial score (nSPS) is 11.3. The third-order valence-corrected chi connectivity index (χ3v) is 4.42. The molecule has 1 aromatic heterocycles. The summed E-state index contributed by atoms with van der Waals surface area (Å²) < 4.78 is 47.6. The number of alkyl halides is 3. The molecule has 1 aromatic carbocycles. The molecule has 0 saturated heterocycles. The second-order valence-corrected chi connectivity index (χ2v) is 6.36. The first-order chi connectivity index (χ1) is 12.8. The molecule has 2 aromatic rings. The zero-order valence-electron chi connectivity index (χ0n) is 14.6. The standard InChI is InChI=1S/C17H17F3N2O4S/c1-25-8-7-22(9-14-21-13(10-27-14)16(24)26-2)15(23)11-3-5-12(6-4-11)17(18,19)20/h3-6,10H,7-9H2,1-2H3. The van der Waals surface area contributed by atoms with E-state index in [2.05, 4.69) is 9.72 Å². The molecule has 0 aliphatic rings. The number of halogens is 3. The van der Waals surface area contributed by atoms with Gasteiger partial charge in [-0.3, -0.25) is 4.79 Å². The van der Waals surface area contributed by atoms with E-state index in [9.17, 15) is 22.8 Å². The van der Waals surface area contributed by atoms with Crippen molar-refractivity contribution < 1.29 is 32.2 Å². The molecule has 0 N–H and O–H groups in total. The smallest absolute Gasteiger partial charge is 0.416 e. The largest absolute Gasteiger partial charge is 0.464 e. The van der Waals surface area contributed by atoms with Crippen LogP contribution in [0.15, 0.2) is 29.6 Å². The van der Waals surface area contributed by atoms with Gasteiger partial charge in [-0.15, -0.1) is 11.3 Å². The summed E-state index contributed by atoms with van der Waals surface area (Å²) in [5.41, 5.74) is -0.583. The van der Waals surface area contributed by atoms with Crippen molar-refractivity contribution in [3.8, 4) is 0 Å².